The molecule has 0 unspecified atom stereocenters. The molecule has 3 aromatic rings. The van der Waals surface area contributed by atoms with E-state index < -0.39 is 11.8 Å². The molecule has 0 spiro atoms. The van der Waals surface area contributed by atoms with Crippen LogP contribution in [-0.4, -0.2) is 40.8 Å². The summed E-state index contributed by atoms with van der Waals surface area (Å²) in [5.74, 6) is -0.795. The molecule has 0 radical (unpaired) electrons. The molecule has 0 saturated carbocycles. The molecular weight excluding hydrogens is 418 g/mol. The van der Waals surface area contributed by atoms with Gasteiger partial charge < -0.3 is 4.74 Å². The minimum atomic E-state index is -0.524. The number of aromatic nitrogens is 2. The summed E-state index contributed by atoms with van der Waals surface area (Å²) in [6.07, 6.45) is 1.72. The van der Waals surface area contributed by atoms with Crippen LogP contribution in [0.1, 0.15) is 11.8 Å². The van der Waals surface area contributed by atoms with Crippen LogP contribution in [0.3, 0.4) is 0 Å². The summed E-state index contributed by atoms with van der Waals surface area (Å²) >= 11 is 1.53. The van der Waals surface area contributed by atoms with E-state index in [1.807, 2.05) is 31.2 Å². The van der Waals surface area contributed by atoms with E-state index in [1.54, 1.807) is 18.3 Å². The summed E-state index contributed by atoms with van der Waals surface area (Å²) < 4.78 is 5.52. The quantitative estimate of drug-likeness (QED) is 0.604. The van der Waals surface area contributed by atoms with E-state index in [-0.39, 0.29) is 19.1 Å². The molecule has 0 bridgehead atoms. The van der Waals surface area contributed by atoms with E-state index >= 15 is 0 Å². The van der Waals surface area contributed by atoms with Crippen LogP contribution in [0, 0.1) is 6.92 Å². The largest absolute Gasteiger partial charge is 0.482 e. The fourth-order valence-electron chi connectivity index (χ4n) is 3.13. The fourth-order valence-corrected chi connectivity index (χ4v) is 4.04. The highest BCUT2D eigenvalue weighted by molar-refractivity contribution is 7.15. The maximum atomic E-state index is 12.4. The van der Waals surface area contributed by atoms with Crippen molar-refractivity contribution < 1.29 is 19.1 Å². The van der Waals surface area contributed by atoms with Crippen molar-refractivity contribution in [2.75, 3.05) is 18.1 Å². The van der Waals surface area contributed by atoms with Crippen molar-refractivity contribution in [3.63, 3.8) is 0 Å². The van der Waals surface area contributed by atoms with Crippen molar-refractivity contribution in [1.29, 1.82) is 0 Å². The summed E-state index contributed by atoms with van der Waals surface area (Å²) in [6, 6.07) is 11.1. The lowest BCUT2D eigenvalue weighted by Gasteiger charge is -2.29. The van der Waals surface area contributed by atoms with E-state index in [4.69, 9.17) is 9.72 Å². The Hall–Kier alpha value is -3.79. The van der Waals surface area contributed by atoms with Crippen LogP contribution in [-0.2, 0) is 14.4 Å². The number of anilines is 1. The molecule has 0 aliphatic carbocycles. The molecule has 158 valence electrons. The van der Waals surface area contributed by atoms with Gasteiger partial charge in [0.1, 0.15) is 17.3 Å². The van der Waals surface area contributed by atoms with Gasteiger partial charge in [0, 0.05) is 23.6 Å². The van der Waals surface area contributed by atoms with Crippen LogP contribution in [0.25, 0.3) is 22.0 Å². The highest BCUT2D eigenvalue weighted by atomic mass is 32.1. The summed E-state index contributed by atoms with van der Waals surface area (Å²) in [7, 11) is 0. The number of pyridine rings is 1. The predicted molar refractivity (Wildman–Crippen MR) is 115 cm³/mol. The number of aryl methyl sites for hydroxylation is 1. The molecular formula is C21H19N5O4S. The molecule has 0 saturated heterocycles. The third-order valence-corrected chi connectivity index (χ3v) is 5.53. The highest BCUT2D eigenvalue weighted by Crippen LogP contribution is 2.38. The number of thiazole rings is 1. The zero-order valence-electron chi connectivity index (χ0n) is 16.8. The van der Waals surface area contributed by atoms with Crippen LogP contribution in [0.5, 0.6) is 5.75 Å². The van der Waals surface area contributed by atoms with E-state index in [0.29, 0.717) is 11.4 Å². The zero-order valence-corrected chi connectivity index (χ0v) is 17.7. The normalized spacial score (nSPS) is 12.7. The van der Waals surface area contributed by atoms with E-state index in [9.17, 15) is 14.4 Å². The van der Waals surface area contributed by atoms with Crippen molar-refractivity contribution in [2.24, 2.45) is 0 Å². The van der Waals surface area contributed by atoms with Gasteiger partial charge in [-0.15, -0.1) is 11.3 Å². The minimum absolute atomic E-state index is 0.167. The third-order valence-electron chi connectivity index (χ3n) is 4.54. The zero-order chi connectivity index (χ0) is 22.0. The number of fused-ring (bicyclic) bond motifs is 1. The van der Waals surface area contributed by atoms with Gasteiger partial charge in [0.25, 0.3) is 11.8 Å². The second-order valence-electron chi connectivity index (χ2n) is 6.82. The molecule has 1 aliphatic heterocycles. The number of nitrogens with zero attached hydrogens (tertiary/aromatic N) is 3. The number of amides is 3. The Morgan fingerprint density at radius 3 is 2.81 bits per heavy atom. The van der Waals surface area contributed by atoms with Gasteiger partial charge in [0.15, 0.2) is 6.61 Å². The monoisotopic (exact) mass is 437 g/mol. The van der Waals surface area contributed by atoms with Crippen molar-refractivity contribution in [2.45, 2.75) is 13.8 Å². The van der Waals surface area contributed by atoms with Gasteiger partial charge in [-0.3, -0.25) is 35.1 Å². The van der Waals surface area contributed by atoms with Crippen LogP contribution >= 0.6 is 11.3 Å². The molecule has 3 amide bonds. The van der Waals surface area contributed by atoms with Crippen molar-refractivity contribution in [3.8, 4) is 27.7 Å². The number of hydrazine groups is 1. The molecule has 10 heteroatoms. The fraction of sp³-hybridized carbons (Fsp3) is 0.190. The van der Waals surface area contributed by atoms with Gasteiger partial charge in [-0.1, -0.05) is 6.07 Å². The van der Waals surface area contributed by atoms with Gasteiger partial charge in [0.05, 0.1) is 17.1 Å². The van der Waals surface area contributed by atoms with E-state index in [0.717, 1.165) is 26.8 Å². The molecule has 2 aromatic heterocycles. The molecule has 0 fully saturated rings. The van der Waals surface area contributed by atoms with Crippen molar-refractivity contribution >= 4 is 34.7 Å². The molecule has 3 heterocycles. The van der Waals surface area contributed by atoms with Gasteiger partial charge in [-0.05, 0) is 37.3 Å². The second kappa shape index (κ2) is 8.52. The average Bonchev–Trinajstić information content (AvgIpc) is 3.16. The Morgan fingerprint density at radius 2 is 2.06 bits per heavy atom. The van der Waals surface area contributed by atoms with Crippen LogP contribution in [0.15, 0.2) is 42.6 Å². The van der Waals surface area contributed by atoms with Crippen LogP contribution in [0.4, 0.5) is 5.69 Å². The SMILES string of the molecule is CC(=O)NNC(=O)CN1C(=O)COc2ccc(-c3nc(-c4ccccn4)sc3C)cc21. The Balaban J connectivity index is 1.65. The minimum Gasteiger partial charge on any atom is -0.482 e. The van der Waals surface area contributed by atoms with Gasteiger partial charge in [0.2, 0.25) is 5.91 Å². The molecule has 9 nitrogen and oxygen atoms in total. The first-order chi connectivity index (χ1) is 14.9. The Bertz CT molecular complexity index is 1160. The van der Waals surface area contributed by atoms with Crippen LogP contribution in [0.2, 0.25) is 0 Å². The summed E-state index contributed by atoms with van der Waals surface area (Å²) in [4.78, 5) is 47.0. The molecule has 31 heavy (non-hydrogen) atoms. The maximum Gasteiger partial charge on any atom is 0.265 e. The smallest absolute Gasteiger partial charge is 0.265 e. The molecule has 0 atom stereocenters. The predicted octanol–water partition coefficient (Wildman–Crippen LogP) is 2.07. The number of hydrogen-bond donors (Lipinski definition) is 2. The second-order valence-corrected chi connectivity index (χ2v) is 8.02. The number of rotatable bonds is 4. The molecule has 1 aliphatic rings. The highest BCUT2D eigenvalue weighted by Gasteiger charge is 2.28. The first kappa shape index (κ1) is 20.5. The number of ether oxygens (including phenoxy) is 1. The summed E-state index contributed by atoms with van der Waals surface area (Å²) in [5.41, 5.74) is 7.30. The van der Waals surface area contributed by atoms with Gasteiger partial charge >= 0.3 is 0 Å². The summed E-state index contributed by atoms with van der Waals surface area (Å²) in [6.45, 7) is 2.82. The maximum absolute atomic E-state index is 12.4. The average molecular weight is 437 g/mol. The number of carbonyl (C=O) groups excluding carboxylic acids is 3. The summed E-state index contributed by atoms with van der Waals surface area (Å²) in [5, 5.41) is 0.796. The van der Waals surface area contributed by atoms with E-state index in [1.165, 1.54) is 23.2 Å². The molecule has 1 aromatic carbocycles. The number of hydrogen-bond acceptors (Lipinski definition) is 7. The lowest BCUT2D eigenvalue weighted by molar-refractivity contribution is -0.128. The van der Waals surface area contributed by atoms with E-state index in [2.05, 4.69) is 15.8 Å². The topological polar surface area (TPSA) is 114 Å². The Labute approximate surface area is 182 Å². The number of nitrogens with one attached hydrogen (secondary N) is 2. The van der Waals surface area contributed by atoms with Gasteiger partial charge in [-0.2, -0.15) is 0 Å². The lowest BCUT2D eigenvalue weighted by Crippen LogP contribution is -2.49. The van der Waals surface area contributed by atoms with Gasteiger partial charge in [-0.25, -0.2) is 4.98 Å². The standard InChI is InChI=1S/C21H19N5O4S/c1-12-20(23-21(31-12)15-5-3-4-8-22-15)14-6-7-17-16(9-14)26(19(29)11-30-17)10-18(28)25-24-13(2)27/h3-9H,10-11H2,1-2H3,(H,24,27)(H,25,28). The number of carbonyl (C=O) groups is 3. The third kappa shape index (κ3) is 4.38. The molecule has 4 rings (SSSR count). The first-order valence-corrected chi connectivity index (χ1v) is 10.3. The van der Waals surface area contributed by atoms with Crippen molar-refractivity contribution in [3.05, 3.63) is 47.5 Å². The Morgan fingerprint density at radius 1 is 1.23 bits per heavy atom. The number of benzene rings is 1. The van der Waals surface area contributed by atoms with Crippen LogP contribution < -0.4 is 20.5 Å². The first-order valence-electron chi connectivity index (χ1n) is 9.44. The Kier molecular flexibility index (Phi) is 5.63. The lowest BCUT2D eigenvalue weighted by atomic mass is 10.1. The van der Waals surface area contributed by atoms with Crippen molar-refractivity contribution in [1.82, 2.24) is 20.8 Å². The molecule has 2 N–H and O–H groups in total.